The molecule has 2 aromatic rings. The van der Waals surface area contributed by atoms with Gasteiger partial charge in [-0.15, -0.1) is 0 Å². The molecule has 1 saturated heterocycles. The summed E-state index contributed by atoms with van der Waals surface area (Å²) in [5, 5.41) is 3.44. The average molecular weight is 321 g/mol. The van der Waals surface area contributed by atoms with E-state index in [0.29, 0.717) is 0 Å². The minimum atomic E-state index is -0.407. The topological polar surface area (TPSA) is 41.0 Å². The number of hydrogen-bond acceptors (Lipinski definition) is 4. The second-order valence-electron chi connectivity index (χ2n) is 5.50. The first-order chi connectivity index (χ1) is 10.6. The zero-order valence-electron chi connectivity index (χ0n) is 12.4. The van der Waals surface area contributed by atoms with Gasteiger partial charge in [0.25, 0.3) is 0 Å². The van der Waals surface area contributed by atoms with Crippen molar-refractivity contribution in [1.82, 2.24) is 9.97 Å². The highest BCUT2D eigenvalue weighted by Crippen LogP contribution is 2.25. The lowest BCUT2D eigenvalue weighted by Gasteiger charge is -2.19. The highest BCUT2D eigenvalue weighted by Gasteiger charge is 2.15. The van der Waals surface area contributed by atoms with Crippen LogP contribution in [0.4, 0.5) is 16.0 Å². The van der Waals surface area contributed by atoms with Gasteiger partial charge in [-0.05, 0) is 37.5 Å². The number of aromatic nitrogens is 2. The fourth-order valence-electron chi connectivity index (χ4n) is 2.63. The van der Waals surface area contributed by atoms with E-state index in [1.165, 1.54) is 18.9 Å². The summed E-state index contributed by atoms with van der Waals surface area (Å²) in [5.74, 6) is 1.29. The van der Waals surface area contributed by atoms with E-state index in [9.17, 15) is 4.39 Å². The van der Waals surface area contributed by atoms with Crippen LogP contribution in [0.1, 0.15) is 31.4 Å². The molecule has 1 unspecified atom stereocenters. The van der Waals surface area contributed by atoms with Crippen molar-refractivity contribution in [2.24, 2.45) is 0 Å². The van der Waals surface area contributed by atoms with E-state index in [0.717, 1.165) is 30.3 Å². The third-order valence-corrected chi connectivity index (χ3v) is 4.18. The summed E-state index contributed by atoms with van der Waals surface area (Å²) in [6.07, 6.45) is 3.98. The number of nitrogens with zero attached hydrogens (tertiary/aromatic N) is 3. The summed E-state index contributed by atoms with van der Waals surface area (Å²) < 4.78 is 13.2. The third-order valence-electron chi connectivity index (χ3n) is 3.89. The minimum Gasteiger partial charge on any atom is -0.363 e. The van der Waals surface area contributed by atoms with Gasteiger partial charge in [-0.25, -0.2) is 14.4 Å². The van der Waals surface area contributed by atoms with E-state index in [-0.39, 0.29) is 11.1 Å². The number of hydrogen-bond donors (Lipinski definition) is 1. The predicted octanol–water partition coefficient (Wildman–Crippen LogP) is 4.04. The molecule has 0 aliphatic carbocycles. The number of anilines is 2. The lowest BCUT2D eigenvalue weighted by atomic mass is 10.1. The summed E-state index contributed by atoms with van der Waals surface area (Å²) in [7, 11) is 0. The maximum absolute atomic E-state index is 13.2. The van der Waals surface area contributed by atoms with Crippen LogP contribution >= 0.6 is 11.6 Å². The molecule has 1 aromatic carbocycles. The summed E-state index contributed by atoms with van der Waals surface area (Å²) >= 11 is 5.84. The van der Waals surface area contributed by atoms with Crippen molar-refractivity contribution in [3.05, 3.63) is 47.0 Å². The summed E-state index contributed by atoms with van der Waals surface area (Å²) in [5.41, 5.74) is 0.910. The van der Waals surface area contributed by atoms with E-state index in [1.54, 1.807) is 18.5 Å². The van der Waals surface area contributed by atoms with Crippen molar-refractivity contribution < 1.29 is 4.39 Å². The Labute approximate surface area is 134 Å². The van der Waals surface area contributed by atoms with Gasteiger partial charge in [0, 0.05) is 25.2 Å². The maximum Gasteiger partial charge on any atom is 0.141 e. The first-order valence-electron chi connectivity index (χ1n) is 7.42. The van der Waals surface area contributed by atoms with E-state index < -0.39 is 5.82 Å². The Morgan fingerprint density at radius 1 is 1.23 bits per heavy atom. The first kappa shape index (κ1) is 15.0. The van der Waals surface area contributed by atoms with E-state index >= 15 is 0 Å². The Kier molecular flexibility index (Phi) is 4.43. The highest BCUT2D eigenvalue weighted by atomic mass is 35.5. The van der Waals surface area contributed by atoms with Gasteiger partial charge in [0.05, 0.1) is 5.02 Å². The molecule has 0 amide bonds. The second-order valence-corrected chi connectivity index (χ2v) is 5.90. The predicted molar refractivity (Wildman–Crippen MR) is 86.9 cm³/mol. The van der Waals surface area contributed by atoms with Crippen molar-refractivity contribution in [3.63, 3.8) is 0 Å². The van der Waals surface area contributed by atoms with Crippen molar-refractivity contribution in [2.75, 3.05) is 23.3 Å². The van der Waals surface area contributed by atoms with Crippen molar-refractivity contribution in [1.29, 1.82) is 0 Å². The molecule has 116 valence electrons. The van der Waals surface area contributed by atoms with Gasteiger partial charge >= 0.3 is 0 Å². The average Bonchev–Trinajstić information content (AvgIpc) is 3.04. The van der Waals surface area contributed by atoms with Crippen LogP contribution in [0.2, 0.25) is 5.02 Å². The van der Waals surface area contributed by atoms with E-state index in [4.69, 9.17) is 11.6 Å². The van der Waals surface area contributed by atoms with Crippen LogP contribution in [0, 0.1) is 5.82 Å². The Hall–Kier alpha value is -1.88. The van der Waals surface area contributed by atoms with Gasteiger partial charge in [0.1, 0.15) is 23.8 Å². The lowest BCUT2D eigenvalue weighted by molar-refractivity contribution is 0.627. The number of benzene rings is 1. The lowest BCUT2D eigenvalue weighted by Crippen LogP contribution is -2.19. The second kappa shape index (κ2) is 6.48. The minimum absolute atomic E-state index is 0.0283. The third kappa shape index (κ3) is 3.30. The van der Waals surface area contributed by atoms with Crippen LogP contribution in [0.25, 0.3) is 0 Å². The van der Waals surface area contributed by atoms with Crippen LogP contribution in [-0.4, -0.2) is 23.1 Å². The number of nitrogens with one attached hydrogen (secondary N) is 1. The Balaban J connectivity index is 1.74. The van der Waals surface area contributed by atoms with Crippen LogP contribution in [0.5, 0.6) is 0 Å². The largest absolute Gasteiger partial charge is 0.363 e. The Morgan fingerprint density at radius 3 is 2.73 bits per heavy atom. The molecule has 4 nitrogen and oxygen atoms in total. The van der Waals surface area contributed by atoms with Crippen molar-refractivity contribution >= 4 is 23.2 Å². The molecule has 3 rings (SSSR count). The van der Waals surface area contributed by atoms with Gasteiger partial charge in [-0.3, -0.25) is 0 Å². The van der Waals surface area contributed by atoms with Gasteiger partial charge in [-0.1, -0.05) is 17.7 Å². The normalized spacial score (nSPS) is 15.9. The number of rotatable bonds is 4. The zero-order chi connectivity index (χ0) is 15.5. The molecule has 0 spiro atoms. The fraction of sp³-hybridized carbons (Fsp3) is 0.375. The van der Waals surface area contributed by atoms with Gasteiger partial charge in [0.15, 0.2) is 0 Å². The molecule has 6 heteroatoms. The molecular weight excluding hydrogens is 303 g/mol. The van der Waals surface area contributed by atoms with Crippen LogP contribution < -0.4 is 10.2 Å². The standard InChI is InChI=1S/C16H18ClFN4/c1-11(12-4-5-14(18)13(17)8-12)21-15-9-16(20-10-19-15)22-6-2-3-7-22/h4-5,8-11H,2-3,6-7H2,1H3,(H,19,20,21). The van der Waals surface area contributed by atoms with Crippen LogP contribution in [0.3, 0.4) is 0 Å². The Bertz CT molecular complexity index is 658. The highest BCUT2D eigenvalue weighted by molar-refractivity contribution is 6.30. The quantitative estimate of drug-likeness (QED) is 0.923. The molecule has 1 aliphatic rings. The molecule has 0 bridgehead atoms. The monoisotopic (exact) mass is 320 g/mol. The molecule has 1 aromatic heterocycles. The molecule has 22 heavy (non-hydrogen) atoms. The summed E-state index contributed by atoms with van der Waals surface area (Å²) in [4.78, 5) is 10.8. The van der Waals surface area contributed by atoms with E-state index in [2.05, 4.69) is 20.2 Å². The summed E-state index contributed by atoms with van der Waals surface area (Å²) in [6.45, 7) is 4.07. The van der Waals surface area contributed by atoms with Crippen LogP contribution in [-0.2, 0) is 0 Å². The fourth-order valence-corrected chi connectivity index (χ4v) is 2.82. The van der Waals surface area contributed by atoms with Crippen LogP contribution in [0.15, 0.2) is 30.6 Å². The maximum atomic E-state index is 13.2. The molecule has 1 fully saturated rings. The molecule has 0 radical (unpaired) electrons. The SMILES string of the molecule is CC(Nc1cc(N2CCCC2)ncn1)c1ccc(F)c(Cl)c1. The zero-order valence-corrected chi connectivity index (χ0v) is 13.1. The molecule has 1 N–H and O–H groups in total. The molecule has 1 atom stereocenters. The van der Waals surface area contributed by atoms with Crippen molar-refractivity contribution in [3.8, 4) is 0 Å². The summed E-state index contributed by atoms with van der Waals surface area (Å²) in [6, 6.07) is 6.66. The molecule has 1 aliphatic heterocycles. The molecule has 0 saturated carbocycles. The first-order valence-corrected chi connectivity index (χ1v) is 7.80. The smallest absolute Gasteiger partial charge is 0.141 e. The van der Waals surface area contributed by atoms with Gasteiger partial charge in [-0.2, -0.15) is 0 Å². The number of halogens is 2. The molecule has 2 heterocycles. The van der Waals surface area contributed by atoms with Gasteiger partial charge in [0.2, 0.25) is 0 Å². The van der Waals surface area contributed by atoms with E-state index in [1.807, 2.05) is 13.0 Å². The Morgan fingerprint density at radius 2 is 2.00 bits per heavy atom. The molecular formula is C16H18ClFN4. The van der Waals surface area contributed by atoms with Crippen molar-refractivity contribution in [2.45, 2.75) is 25.8 Å². The van der Waals surface area contributed by atoms with Gasteiger partial charge < -0.3 is 10.2 Å².